The van der Waals surface area contributed by atoms with Gasteiger partial charge in [-0.2, -0.15) is 0 Å². The fourth-order valence-corrected chi connectivity index (χ4v) is 6.71. The molecule has 1 aromatic carbocycles. The van der Waals surface area contributed by atoms with E-state index in [1.165, 1.54) is 4.90 Å². The summed E-state index contributed by atoms with van der Waals surface area (Å²) in [5.41, 5.74) is -1.06. The SMILES string of the molecule is CCCCC(NC(=O)C1C(C(=O)[C@@H](NC(=O)OC(C)(C)C)C(C)(C)C)C[C@@H]2OC(C)(C)O[C@H]12)C(=O)C(=O)NCC(=O)NC(C(=O)N(C)C)c1ccccc1. The van der Waals surface area contributed by atoms with Gasteiger partial charge in [-0.15, -0.1) is 0 Å². The van der Waals surface area contributed by atoms with Gasteiger partial charge in [0, 0.05) is 20.0 Å². The minimum Gasteiger partial charge on any atom is -0.444 e. The van der Waals surface area contributed by atoms with Gasteiger partial charge < -0.3 is 40.4 Å². The van der Waals surface area contributed by atoms with Gasteiger partial charge in [0.15, 0.2) is 11.6 Å². The Kier molecular flexibility index (Phi) is 14.5. The zero-order chi connectivity index (χ0) is 40.8. The minimum absolute atomic E-state index is 0.112. The number of nitrogens with zero attached hydrogens (tertiary/aromatic N) is 1. The number of likely N-dealkylation sites (N-methyl/N-ethyl adjacent to an activating group) is 1. The minimum atomic E-state index is -1.28. The molecule has 4 unspecified atom stereocenters. The van der Waals surface area contributed by atoms with Crippen molar-refractivity contribution in [2.75, 3.05) is 20.6 Å². The van der Waals surface area contributed by atoms with Crippen molar-refractivity contribution in [1.82, 2.24) is 26.2 Å². The molecule has 7 atom stereocenters. The lowest BCUT2D eigenvalue weighted by molar-refractivity contribution is -0.167. The third kappa shape index (κ3) is 11.8. The second-order valence-electron chi connectivity index (χ2n) is 16.7. The number of hydrogen-bond donors (Lipinski definition) is 4. The molecule has 15 heteroatoms. The first kappa shape index (κ1) is 44.0. The van der Waals surface area contributed by atoms with Crippen molar-refractivity contribution in [3.8, 4) is 0 Å². The first-order valence-corrected chi connectivity index (χ1v) is 18.5. The van der Waals surface area contributed by atoms with Gasteiger partial charge in [0.1, 0.15) is 11.6 Å². The molecule has 1 saturated heterocycles. The number of hydrogen-bond acceptors (Lipinski definition) is 10. The number of nitrogens with one attached hydrogen (secondary N) is 4. The highest BCUT2D eigenvalue weighted by atomic mass is 16.8. The van der Waals surface area contributed by atoms with Crippen LogP contribution in [0, 0.1) is 17.3 Å². The Morgan fingerprint density at radius 3 is 2.11 bits per heavy atom. The standard InChI is InChI=1S/C39H59N5O10/c1-12-13-19-24(30(47)34(49)40-21-26(45)42-28(35(50)44(10)11)22-17-15-14-16-18-22)41-33(48)27-23(20-25-31(27)53-39(8,9)52-25)29(46)32(37(2,3)4)43-36(51)54-38(5,6)7/h14-18,23-25,27-28,31-32H,12-13,19-21H2,1-11H3,(H,40,49)(H,41,48)(H,42,45)(H,43,51)/t23?,24?,25-,27?,28?,31-,32+/m0/s1. The molecule has 300 valence electrons. The lowest BCUT2D eigenvalue weighted by atomic mass is 9.77. The molecular weight excluding hydrogens is 698 g/mol. The second kappa shape index (κ2) is 17.8. The topological polar surface area (TPSA) is 199 Å². The average Bonchev–Trinajstić information content (AvgIpc) is 3.56. The van der Waals surface area contributed by atoms with Crippen LogP contribution >= 0.6 is 0 Å². The van der Waals surface area contributed by atoms with E-state index in [2.05, 4.69) is 21.3 Å². The summed E-state index contributed by atoms with van der Waals surface area (Å²) in [5.74, 6) is -7.42. The number of fused-ring (bicyclic) bond motifs is 1. The number of carbonyl (C=O) groups excluding carboxylic acids is 7. The summed E-state index contributed by atoms with van der Waals surface area (Å²) < 4.78 is 17.7. The molecule has 0 bridgehead atoms. The normalized spacial score (nSPS) is 22.1. The third-order valence-corrected chi connectivity index (χ3v) is 9.21. The Bertz CT molecular complexity index is 1550. The van der Waals surface area contributed by atoms with E-state index in [0.29, 0.717) is 18.4 Å². The Morgan fingerprint density at radius 1 is 0.926 bits per heavy atom. The molecule has 1 saturated carbocycles. The number of rotatable bonds is 15. The predicted molar refractivity (Wildman–Crippen MR) is 199 cm³/mol. The van der Waals surface area contributed by atoms with Gasteiger partial charge in [0.2, 0.25) is 23.5 Å². The van der Waals surface area contributed by atoms with E-state index >= 15 is 0 Å². The Hall–Kier alpha value is -4.37. The number of Topliss-reactive ketones (excluding diaryl/α,β-unsaturated/α-hetero) is 2. The van der Waals surface area contributed by atoms with Gasteiger partial charge in [-0.3, -0.25) is 28.8 Å². The number of benzene rings is 1. The quantitative estimate of drug-likeness (QED) is 0.193. The van der Waals surface area contributed by atoms with Gasteiger partial charge in [-0.05, 0) is 58.4 Å². The fourth-order valence-electron chi connectivity index (χ4n) is 6.71. The number of carbonyl (C=O) groups is 7. The molecule has 0 aromatic heterocycles. The molecule has 3 rings (SSSR count). The fraction of sp³-hybridized carbons (Fsp3) is 0.667. The van der Waals surface area contributed by atoms with E-state index in [1.807, 2.05) is 6.92 Å². The van der Waals surface area contributed by atoms with Gasteiger partial charge in [0.25, 0.3) is 5.91 Å². The number of ether oxygens (including phenoxy) is 3. The molecule has 1 aromatic rings. The molecule has 1 aliphatic carbocycles. The third-order valence-electron chi connectivity index (χ3n) is 9.21. The first-order valence-electron chi connectivity index (χ1n) is 18.5. The summed E-state index contributed by atoms with van der Waals surface area (Å²) in [6.07, 6.45) is -0.899. The zero-order valence-electron chi connectivity index (χ0n) is 33.5. The Balaban J connectivity index is 1.80. The number of amides is 5. The van der Waals surface area contributed by atoms with E-state index in [-0.39, 0.29) is 18.7 Å². The zero-order valence-corrected chi connectivity index (χ0v) is 33.5. The van der Waals surface area contributed by atoms with Gasteiger partial charge in [-0.25, -0.2) is 4.79 Å². The summed E-state index contributed by atoms with van der Waals surface area (Å²) >= 11 is 0. The number of unbranched alkanes of at least 4 members (excludes halogenated alkanes) is 1. The summed E-state index contributed by atoms with van der Waals surface area (Å²) in [4.78, 5) is 95.3. The van der Waals surface area contributed by atoms with E-state index in [9.17, 15) is 33.6 Å². The lowest BCUT2D eigenvalue weighted by Gasteiger charge is -2.35. The summed E-state index contributed by atoms with van der Waals surface area (Å²) in [7, 11) is 3.10. The van der Waals surface area contributed by atoms with Crippen molar-refractivity contribution in [2.45, 2.75) is 130 Å². The van der Waals surface area contributed by atoms with Crippen LogP contribution in [0.5, 0.6) is 0 Å². The van der Waals surface area contributed by atoms with Crippen LogP contribution in [0.3, 0.4) is 0 Å². The van der Waals surface area contributed by atoms with Crippen molar-refractivity contribution < 1.29 is 47.8 Å². The van der Waals surface area contributed by atoms with Crippen LogP contribution in [-0.4, -0.2) is 103 Å². The molecule has 0 spiro atoms. The number of ketones is 2. The molecule has 2 fully saturated rings. The first-order chi connectivity index (χ1) is 25.0. The van der Waals surface area contributed by atoms with Crippen molar-refractivity contribution in [3.63, 3.8) is 0 Å². The van der Waals surface area contributed by atoms with Crippen LogP contribution < -0.4 is 21.3 Å². The van der Waals surface area contributed by atoms with Gasteiger partial charge in [-0.1, -0.05) is 70.9 Å². The maximum absolute atomic E-state index is 14.3. The lowest BCUT2D eigenvalue weighted by Crippen LogP contribution is -2.56. The monoisotopic (exact) mass is 757 g/mol. The van der Waals surface area contributed by atoms with Crippen molar-refractivity contribution in [1.29, 1.82) is 0 Å². The molecule has 1 heterocycles. The van der Waals surface area contributed by atoms with Crippen LogP contribution in [0.1, 0.15) is 99.6 Å². The van der Waals surface area contributed by atoms with E-state index in [1.54, 1.807) is 99.8 Å². The summed E-state index contributed by atoms with van der Waals surface area (Å²) in [6, 6.07) is 5.24. The molecule has 2 aliphatic rings. The molecule has 4 N–H and O–H groups in total. The second-order valence-corrected chi connectivity index (χ2v) is 16.7. The molecule has 54 heavy (non-hydrogen) atoms. The number of alkyl carbamates (subject to hydrolysis) is 1. The van der Waals surface area contributed by atoms with Crippen LogP contribution in [0.15, 0.2) is 30.3 Å². The molecular formula is C39H59N5O10. The van der Waals surface area contributed by atoms with E-state index in [4.69, 9.17) is 14.2 Å². The van der Waals surface area contributed by atoms with Crippen LogP contribution in [0.2, 0.25) is 0 Å². The van der Waals surface area contributed by atoms with Crippen LogP contribution in [0.25, 0.3) is 0 Å². The van der Waals surface area contributed by atoms with Crippen LogP contribution in [-0.2, 0) is 43.0 Å². The largest absolute Gasteiger partial charge is 0.444 e. The highest BCUT2D eigenvalue weighted by Gasteiger charge is 2.59. The van der Waals surface area contributed by atoms with E-state index in [0.717, 1.165) is 0 Å². The molecule has 1 aliphatic heterocycles. The summed E-state index contributed by atoms with van der Waals surface area (Å²) in [6.45, 7) is 15.2. The maximum atomic E-state index is 14.3. The van der Waals surface area contributed by atoms with Gasteiger partial charge >= 0.3 is 6.09 Å². The smallest absolute Gasteiger partial charge is 0.408 e. The summed E-state index contributed by atoms with van der Waals surface area (Å²) in [5, 5.41) is 10.4. The highest BCUT2D eigenvalue weighted by molar-refractivity contribution is 6.38. The highest BCUT2D eigenvalue weighted by Crippen LogP contribution is 2.46. The Labute approximate surface area is 318 Å². The van der Waals surface area contributed by atoms with Gasteiger partial charge in [0.05, 0.1) is 36.8 Å². The molecule has 0 radical (unpaired) electrons. The van der Waals surface area contributed by atoms with E-state index < -0.39 is 101 Å². The van der Waals surface area contributed by atoms with Crippen molar-refractivity contribution in [3.05, 3.63) is 35.9 Å². The maximum Gasteiger partial charge on any atom is 0.408 e. The van der Waals surface area contributed by atoms with Crippen molar-refractivity contribution >= 4 is 41.3 Å². The van der Waals surface area contributed by atoms with Crippen molar-refractivity contribution in [2.24, 2.45) is 17.3 Å². The average molecular weight is 758 g/mol. The molecule has 15 nitrogen and oxygen atoms in total. The molecule has 5 amide bonds. The predicted octanol–water partition coefficient (Wildman–Crippen LogP) is 2.96. The van der Waals surface area contributed by atoms with Crippen LogP contribution in [0.4, 0.5) is 4.79 Å². The Morgan fingerprint density at radius 2 is 1.56 bits per heavy atom.